The molecule has 7 nitrogen and oxygen atoms in total. The van der Waals surface area contributed by atoms with Gasteiger partial charge >= 0.3 is 0 Å². The predicted molar refractivity (Wildman–Crippen MR) is 257 cm³/mol. The Balaban J connectivity index is 1.40. The van der Waals surface area contributed by atoms with Gasteiger partial charge in [0.1, 0.15) is 0 Å². The highest BCUT2D eigenvalue weighted by Crippen LogP contribution is 2.34. The number of carbonyl (C=O) groups excluding carboxylic acids is 1. The molecule has 0 radical (unpaired) electrons. The van der Waals surface area contributed by atoms with Gasteiger partial charge < -0.3 is 0 Å². The summed E-state index contributed by atoms with van der Waals surface area (Å²) in [4.78, 5) is 38.9. The van der Waals surface area contributed by atoms with E-state index in [1.165, 1.54) is 6.21 Å². The molecule has 7 heteroatoms. The number of nitrogens with zero attached hydrogens (tertiary/aromatic N) is 5. The number of amidine groups is 2. The van der Waals surface area contributed by atoms with Crippen molar-refractivity contribution in [3.8, 4) is 45.0 Å². The van der Waals surface area contributed by atoms with E-state index in [1.54, 1.807) is 0 Å². The lowest BCUT2D eigenvalue weighted by Crippen LogP contribution is -2.13. The van der Waals surface area contributed by atoms with Crippen LogP contribution < -0.4 is 0 Å². The molecule has 0 unspecified atom stereocenters. The second-order valence-corrected chi connectivity index (χ2v) is 14.2. The number of hydrogen-bond acceptors (Lipinski definition) is 5. The number of aromatic nitrogens is 3. The molecule has 1 heterocycles. The lowest BCUT2D eigenvalue weighted by atomic mass is 9.97. The van der Waals surface area contributed by atoms with Crippen molar-refractivity contribution in [2.45, 2.75) is 27.7 Å². The van der Waals surface area contributed by atoms with Crippen molar-refractivity contribution in [3.63, 3.8) is 0 Å². The average Bonchev–Trinajstić information content (AvgIpc) is 3.34. The second kappa shape index (κ2) is 20.3. The number of nitrogens with one attached hydrogen (secondary N) is 1. The van der Waals surface area contributed by atoms with Crippen LogP contribution in [0.3, 0.4) is 0 Å². The van der Waals surface area contributed by atoms with Gasteiger partial charge in [0.15, 0.2) is 23.3 Å². The van der Waals surface area contributed by atoms with E-state index in [-0.39, 0.29) is 17.5 Å². The zero-order valence-electron chi connectivity index (χ0n) is 35.2. The molecule has 0 aliphatic heterocycles. The summed E-state index contributed by atoms with van der Waals surface area (Å²) in [5, 5.41) is 9.32. The van der Waals surface area contributed by atoms with Crippen LogP contribution in [0.2, 0.25) is 0 Å². The Bertz CT molecular complexity index is 2800. The fraction of sp³-hybridized carbons (Fsp3) is 0.0727. The lowest BCUT2D eigenvalue weighted by molar-refractivity contribution is 0.106. The molecular weight excluding hydrogens is 761 g/mol. The van der Waals surface area contributed by atoms with Crippen LogP contribution in [0, 0.1) is 5.41 Å². The first kappa shape index (κ1) is 42.1. The Morgan fingerprint density at radius 2 is 1.02 bits per heavy atom. The van der Waals surface area contributed by atoms with Gasteiger partial charge in [-0.3, -0.25) is 10.2 Å². The molecule has 6 aromatic carbocycles. The first-order valence-electron chi connectivity index (χ1n) is 20.5. The lowest BCUT2D eigenvalue weighted by Gasteiger charge is -2.13. The quantitative estimate of drug-likeness (QED) is 0.0574. The van der Waals surface area contributed by atoms with Crippen molar-refractivity contribution < 1.29 is 4.79 Å². The molecule has 0 aliphatic rings. The molecule has 0 saturated carbocycles. The molecule has 62 heavy (non-hydrogen) atoms. The van der Waals surface area contributed by atoms with Crippen LogP contribution in [0.15, 0.2) is 210 Å². The third-order valence-corrected chi connectivity index (χ3v) is 10.2. The molecule has 0 bridgehead atoms. The van der Waals surface area contributed by atoms with Gasteiger partial charge in [0.2, 0.25) is 11.6 Å². The topological polar surface area (TPSA) is 104 Å². The minimum Gasteiger partial charge on any atom is -0.284 e. The number of hydrogen-bond donors (Lipinski definition) is 1. The molecule has 302 valence electrons. The maximum Gasteiger partial charge on any atom is 0.241 e. The minimum absolute atomic E-state index is 0.00388. The summed E-state index contributed by atoms with van der Waals surface area (Å²) >= 11 is 0. The molecular formula is C55H46N6O. The first-order valence-corrected chi connectivity index (χ1v) is 20.5. The smallest absolute Gasteiger partial charge is 0.241 e. The molecule has 0 atom stereocenters. The molecule has 1 aromatic heterocycles. The van der Waals surface area contributed by atoms with E-state index in [2.05, 4.69) is 0 Å². The van der Waals surface area contributed by atoms with Crippen LogP contribution in [-0.4, -0.2) is 38.6 Å². The van der Waals surface area contributed by atoms with E-state index in [4.69, 9.17) is 24.9 Å². The normalized spacial score (nSPS) is 12.6. The Morgan fingerprint density at radius 3 is 1.53 bits per heavy atom. The third-order valence-electron chi connectivity index (χ3n) is 10.2. The summed E-state index contributed by atoms with van der Waals surface area (Å²) in [7, 11) is 0. The number of allylic oxidation sites excluding steroid dienone is 7. The maximum absolute atomic E-state index is 14.6. The number of aliphatic imine (C=N–C) groups is 2. The fourth-order valence-corrected chi connectivity index (χ4v) is 7.15. The predicted octanol–water partition coefficient (Wildman–Crippen LogP) is 13.2. The zero-order chi connectivity index (χ0) is 43.3. The number of carbonyl (C=O) groups is 1. The Hall–Kier alpha value is -8.03. The van der Waals surface area contributed by atoms with Gasteiger partial charge in [-0.1, -0.05) is 194 Å². The van der Waals surface area contributed by atoms with Crippen molar-refractivity contribution in [3.05, 3.63) is 222 Å². The van der Waals surface area contributed by atoms with E-state index >= 15 is 0 Å². The average molecular weight is 807 g/mol. The van der Waals surface area contributed by atoms with E-state index in [0.29, 0.717) is 22.8 Å². The van der Waals surface area contributed by atoms with Crippen LogP contribution in [0.1, 0.15) is 55.0 Å². The number of Topliss-reactive ketones (excluding diaryl/α,β-unsaturated/α-hetero) is 1. The largest absolute Gasteiger partial charge is 0.284 e. The van der Waals surface area contributed by atoms with Gasteiger partial charge in [-0.05, 0) is 72.2 Å². The number of benzene rings is 6. The summed E-state index contributed by atoms with van der Waals surface area (Å²) in [5.41, 5.74) is 10.2. The van der Waals surface area contributed by atoms with E-state index in [0.717, 1.165) is 55.7 Å². The van der Waals surface area contributed by atoms with Crippen LogP contribution in [0.5, 0.6) is 0 Å². The Morgan fingerprint density at radius 1 is 0.548 bits per heavy atom. The van der Waals surface area contributed by atoms with Crippen LogP contribution in [0.25, 0.3) is 56.2 Å². The Labute approximate surface area is 363 Å². The zero-order valence-corrected chi connectivity index (χ0v) is 35.2. The molecule has 0 fully saturated rings. The summed E-state index contributed by atoms with van der Waals surface area (Å²) < 4.78 is 0. The van der Waals surface area contributed by atoms with Crippen LogP contribution in [0.4, 0.5) is 0 Å². The van der Waals surface area contributed by atoms with Crippen molar-refractivity contribution in [1.29, 1.82) is 5.41 Å². The van der Waals surface area contributed by atoms with Crippen molar-refractivity contribution in [2.24, 2.45) is 9.98 Å². The summed E-state index contributed by atoms with van der Waals surface area (Å²) in [5.74, 6) is 0.250. The van der Waals surface area contributed by atoms with Crippen molar-refractivity contribution in [2.75, 3.05) is 0 Å². The molecule has 7 aromatic rings. The molecule has 0 aliphatic carbocycles. The first-order chi connectivity index (χ1) is 30.4. The molecule has 0 spiro atoms. The third kappa shape index (κ3) is 9.70. The second-order valence-electron chi connectivity index (χ2n) is 14.2. The minimum atomic E-state index is -0.549. The molecule has 0 saturated heterocycles. The van der Waals surface area contributed by atoms with Crippen LogP contribution in [-0.2, 0) is 0 Å². The highest BCUT2D eigenvalue weighted by Gasteiger charge is 2.20. The monoisotopic (exact) mass is 806 g/mol. The van der Waals surface area contributed by atoms with Gasteiger partial charge in [0.25, 0.3) is 0 Å². The number of ketones is 1. The van der Waals surface area contributed by atoms with Gasteiger partial charge in [0.05, 0.1) is 6.21 Å². The molecule has 0 amide bonds. The van der Waals surface area contributed by atoms with Gasteiger partial charge in [0, 0.05) is 22.3 Å². The standard InChI is InChI=1S/C55H46N6O/c1-5-23-39(7-3)44-31-17-20-34-47(44)52(58-51(56)38(4)43(24-6-2)40-25-11-8-12-26-40)57-37-50(62)55-60-53(48-35-21-18-32-45(48)41-27-13-9-14-28-41)59-54(61-55)49-36-22-19-33-46(49)42-29-15-10-16-30-42/h5-37,56H,1-4H3/b23-5-,24-6-,39-7+,43-38-,56-51?,57-37+,58-52-. The van der Waals surface area contributed by atoms with Gasteiger partial charge in [-0.25, -0.2) is 24.9 Å². The molecule has 1 N–H and O–H groups in total. The number of rotatable bonds is 12. The SMILES string of the molecule is C/C=C\C(=C(/C)C(=N)/N=C(\N=C\C(=O)c1nc(-c2ccccc2-c2ccccc2)nc(-c2ccccc2-c2ccccc2)n1)c1ccccc1C(/C=C\C)=C/C)c1ccccc1. The summed E-state index contributed by atoms with van der Waals surface area (Å²) in [6.45, 7) is 7.74. The highest BCUT2D eigenvalue weighted by molar-refractivity contribution is 6.36. The fourth-order valence-electron chi connectivity index (χ4n) is 7.15. The van der Waals surface area contributed by atoms with E-state index in [1.807, 2.05) is 222 Å². The van der Waals surface area contributed by atoms with Crippen molar-refractivity contribution >= 4 is 34.8 Å². The Kier molecular flexibility index (Phi) is 13.8. The summed E-state index contributed by atoms with van der Waals surface area (Å²) in [6.07, 6.45) is 11.1. The summed E-state index contributed by atoms with van der Waals surface area (Å²) in [6, 6.07) is 53.5. The van der Waals surface area contributed by atoms with E-state index in [9.17, 15) is 10.2 Å². The highest BCUT2D eigenvalue weighted by atomic mass is 16.1. The van der Waals surface area contributed by atoms with Crippen LogP contribution >= 0.6 is 0 Å². The van der Waals surface area contributed by atoms with Crippen molar-refractivity contribution in [1.82, 2.24) is 15.0 Å². The van der Waals surface area contributed by atoms with E-state index < -0.39 is 5.78 Å². The van der Waals surface area contributed by atoms with Gasteiger partial charge in [-0.2, -0.15) is 0 Å². The van der Waals surface area contributed by atoms with Gasteiger partial charge in [-0.15, -0.1) is 0 Å². The molecule has 7 rings (SSSR count). The maximum atomic E-state index is 14.6.